The van der Waals surface area contributed by atoms with Crippen LogP contribution in [-0.4, -0.2) is 11.9 Å². The number of hydrogen-bond donors (Lipinski definition) is 1. The minimum absolute atomic E-state index is 0.00954. The first-order valence-electron chi connectivity index (χ1n) is 3.69. The van der Waals surface area contributed by atoms with Crippen molar-refractivity contribution in [3.63, 3.8) is 0 Å². The lowest BCUT2D eigenvalue weighted by Gasteiger charge is -2.34. The molecule has 1 aliphatic carbocycles. The molecule has 2 bridgehead atoms. The minimum Gasteiger partial charge on any atom is -0.349 e. The second-order valence-electron chi connectivity index (χ2n) is 3.00. The maximum Gasteiger partial charge on any atom is 0.228 e. The number of nitrogens with zero attached hydrogens (tertiary/aromatic N) is 1. The number of carbonyl (C=O) groups is 1. The topological polar surface area (TPSA) is 52.9 Å². The van der Waals surface area contributed by atoms with E-state index >= 15 is 0 Å². The molecule has 3 rings (SSSR count). The maximum atomic E-state index is 11.1. The van der Waals surface area contributed by atoms with E-state index in [1.807, 2.05) is 12.2 Å². The van der Waals surface area contributed by atoms with Gasteiger partial charge in [-0.3, -0.25) is 4.79 Å². The van der Waals surface area contributed by atoms with Crippen molar-refractivity contribution in [3.8, 4) is 6.07 Å². The van der Waals surface area contributed by atoms with Crippen molar-refractivity contribution in [2.45, 2.75) is 12.5 Å². The Morgan fingerprint density at radius 2 is 2.45 bits per heavy atom. The summed E-state index contributed by atoms with van der Waals surface area (Å²) in [5.74, 6) is -0.279. The quantitative estimate of drug-likeness (QED) is 0.499. The summed E-state index contributed by atoms with van der Waals surface area (Å²) < 4.78 is 0. The summed E-state index contributed by atoms with van der Waals surface area (Å²) in [5.41, 5.74) is 0. The standard InChI is InChI=1S/C8H8N2O/c9-4-5-3-6-1-2-7(5)8(11)10-6/h1-2,5-7H,3H2,(H,10,11)/t5-,6-,7-/m1/s1. The zero-order valence-corrected chi connectivity index (χ0v) is 5.95. The zero-order valence-electron chi connectivity index (χ0n) is 5.95. The van der Waals surface area contributed by atoms with Crippen molar-refractivity contribution in [2.24, 2.45) is 11.8 Å². The highest BCUT2D eigenvalue weighted by Gasteiger charge is 2.37. The number of rotatable bonds is 0. The Kier molecular flexibility index (Phi) is 1.22. The molecular formula is C8H8N2O. The van der Waals surface area contributed by atoms with Crippen molar-refractivity contribution in [2.75, 3.05) is 0 Å². The fraction of sp³-hybridized carbons (Fsp3) is 0.500. The van der Waals surface area contributed by atoms with Crippen LogP contribution in [0.15, 0.2) is 12.2 Å². The fourth-order valence-electron chi connectivity index (χ4n) is 1.68. The second kappa shape index (κ2) is 2.09. The Labute approximate surface area is 64.7 Å². The third-order valence-electron chi connectivity index (χ3n) is 2.29. The van der Waals surface area contributed by atoms with Gasteiger partial charge in [0.15, 0.2) is 0 Å². The van der Waals surface area contributed by atoms with Crippen LogP contribution in [0.3, 0.4) is 0 Å². The van der Waals surface area contributed by atoms with E-state index in [0.29, 0.717) is 0 Å². The first-order valence-corrected chi connectivity index (χ1v) is 3.69. The highest BCUT2D eigenvalue weighted by Crippen LogP contribution is 2.29. The summed E-state index contributed by atoms with van der Waals surface area (Å²) in [6.45, 7) is 0. The van der Waals surface area contributed by atoms with Gasteiger partial charge in [0.25, 0.3) is 0 Å². The normalized spacial score (nSPS) is 39.9. The Balaban J connectivity index is 2.31. The summed E-state index contributed by atoms with van der Waals surface area (Å²) in [6, 6.07) is 2.26. The summed E-state index contributed by atoms with van der Waals surface area (Å²) >= 11 is 0. The summed E-state index contributed by atoms with van der Waals surface area (Å²) in [4.78, 5) is 11.1. The van der Waals surface area contributed by atoms with Crippen LogP contribution < -0.4 is 5.32 Å². The Morgan fingerprint density at radius 1 is 1.64 bits per heavy atom. The van der Waals surface area contributed by atoms with E-state index in [9.17, 15) is 4.79 Å². The van der Waals surface area contributed by atoms with Crippen LogP contribution in [0.1, 0.15) is 6.42 Å². The maximum absolute atomic E-state index is 11.1. The van der Waals surface area contributed by atoms with Crippen LogP contribution >= 0.6 is 0 Å². The number of amides is 1. The molecule has 56 valence electrons. The number of carbonyl (C=O) groups excluding carboxylic acids is 1. The number of nitriles is 1. The molecule has 0 unspecified atom stereocenters. The van der Waals surface area contributed by atoms with Gasteiger partial charge in [-0.2, -0.15) is 5.26 Å². The average molecular weight is 148 g/mol. The largest absolute Gasteiger partial charge is 0.349 e. The van der Waals surface area contributed by atoms with E-state index in [2.05, 4.69) is 11.4 Å². The molecule has 2 heterocycles. The first-order chi connectivity index (χ1) is 5.31. The minimum atomic E-state index is -0.190. The molecule has 1 saturated heterocycles. The van der Waals surface area contributed by atoms with Crippen molar-refractivity contribution < 1.29 is 4.79 Å². The van der Waals surface area contributed by atoms with Crippen molar-refractivity contribution >= 4 is 5.91 Å². The molecule has 11 heavy (non-hydrogen) atoms. The molecule has 0 saturated carbocycles. The highest BCUT2D eigenvalue weighted by molar-refractivity contribution is 5.83. The van der Waals surface area contributed by atoms with Crippen molar-refractivity contribution in [1.29, 1.82) is 5.26 Å². The Morgan fingerprint density at radius 3 is 2.91 bits per heavy atom. The highest BCUT2D eigenvalue weighted by atomic mass is 16.2. The molecule has 1 N–H and O–H groups in total. The third kappa shape index (κ3) is 0.829. The van der Waals surface area contributed by atoms with Gasteiger partial charge in [0.05, 0.1) is 17.9 Å². The van der Waals surface area contributed by atoms with Crippen LogP contribution in [-0.2, 0) is 4.79 Å². The van der Waals surface area contributed by atoms with Gasteiger partial charge < -0.3 is 5.32 Å². The Hall–Kier alpha value is -1.30. The van der Waals surface area contributed by atoms with Gasteiger partial charge in [-0.15, -0.1) is 0 Å². The van der Waals surface area contributed by atoms with Gasteiger partial charge in [0, 0.05) is 6.04 Å². The molecule has 1 amide bonds. The molecule has 0 aromatic carbocycles. The smallest absolute Gasteiger partial charge is 0.228 e. The molecule has 3 nitrogen and oxygen atoms in total. The lowest BCUT2D eigenvalue weighted by atomic mass is 9.78. The molecule has 1 fully saturated rings. The Bertz CT molecular complexity index is 264. The van der Waals surface area contributed by atoms with Crippen LogP contribution in [0, 0.1) is 23.2 Å². The molecule has 0 radical (unpaired) electrons. The van der Waals surface area contributed by atoms with Crippen LogP contribution in [0.25, 0.3) is 0 Å². The van der Waals surface area contributed by atoms with E-state index in [0.717, 1.165) is 6.42 Å². The van der Waals surface area contributed by atoms with Crippen LogP contribution in [0.5, 0.6) is 0 Å². The van der Waals surface area contributed by atoms with Crippen LogP contribution in [0.4, 0.5) is 0 Å². The predicted molar refractivity (Wildman–Crippen MR) is 38.3 cm³/mol. The van der Waals surface area contributed by atoms with E-state index < -0.39 is 0 Å². The number of fused-ring (bicyclic) bond motifs is 2. The summed E-state index contributed by atoms with van der Waals surface area (Å²) in [6.07, 6.45) is 4.60. The molecule has 0 spiro atoms. The van der Waals surface area contributed by atoms with Gasteiger partial charge in [-0.1, -0.05) is 12.2 Å². The number of nitrogens with one attached hydrogen (secondary N) is 1. The average Bonchev–Trinajstić information content (AvgIpc) is 2.04. The first kappa shape index (κ1) is 6.41. The van der Waals surface area contributed by atoms with Gasteiger partial charge >= 0.3 is 0 Å². The van der Waals surface area contributed by atoms with E-state index in [1.165, 1.54) is 0 Å². The molecule has 0 aromatic rings. The van der Waals surface area contributed by atoms with E-state index in [4.69, 9.17) is 5.26 Å². The van der Waals surface area contributed by atoms with Crippen LogP contribution in [0.2, 0.25) is 0 Å². The molecule has 0 aromatic heterocycles. The van der Waals surface area contributed by atoms with E-state index in [1.54, 1.807) is 0 Å². The monoisotopic (exact) mass is 148 g/mol. The summed E-state index contributed by atoms with van der Waals surface area (Å²) in [5, 5.41) is 11.5. The fourth-order valence-corrected chi connectivity index (χ4v) is 1.68. The van der Waals surface area contributed by atoms with Gasteiger partial charge in [0.2, 0.25) is 5.91 Å². The second-order valence-corrected chi connectivity index (χ2v) is 3.00. The lowest BCUT2D eigenvalue weighted by molar-refractivity contribution is -0.127. The zero-order chi connectivity index (χ0) is 7.84. The molecular weight excluding hydrogens is 140 g/mol. The molecule has 3 heteroatoms. The summed E-state index contributed by atoms with van der Waals surface area (Å²) in [7, 11) is 0. The number of piperidine rings is 1. The molecule has 2 aliphatic heterocycles. The van der Waals surface area contributed by atoms with Gasteiger partial charge in [0.1, 0.15) is 0 Å². The van der Waals surface area contributed by atoms with Crippen molar-refractivity contribution in [1.82, 2.24) is 5.32 Å². The third-order valence-corrected chi connectivity index (χ3v) is 2.29. The lowest BCUT2D eigenvalue weighted by Crippen LogP contribution is -2.49. The van der Waals surface area contributed by atoms with Gasteiger partial charge in [-0.05, 0) is 6.42 Å². The van der Waals surface area contributed by atoms with Crippen molar-refractivity contribution in [3.05, 3.63) is 12.2 Å². The molecule has 3 aliphatic rings. The van der Waals surface area contributed by atoms with Gasteiger partial charge in [-0.25, -0.2) is 0 Å². The SMILES string of the molecule is N#C[C@H]1C[C@H]2C=C[C@H]1C(=O)N2. The predicted octanol–water partition coefficient (Wildman–Crippen LogP) is 0.201. The number of hydrogen-bond acceptors (Lipinski definition) is 2. The van der Waals surface area contributed by atoms with E-state index in [-0.39, 0.29) is 23.8 Å². The molecule has 3 atom stereocenters.